The molecule has 1 amide bonds. The lowest BCUT2D eigenvalue weighted by molar-refractivity contribution is -0.128. The van der Waals surface area contributed by atoms with Crippen molar-refractivity contribution in [3.05, 3.63) is 5.89 Å². The first-order chi connectivity index (χ1) is 8.85. The maximum absolute atomic E-state index is 11.6. The summed E-state index contributed by atoms with van der Waals surface area (Å²) in [7, 11) is 1.62. The van der Waals surface area contributed by atoms with Crippen molar-refractivity contribution in [1.82, 2.24) is 20.8 Å². The predicted octanol–water partition coefficient (Wildman–Crippen LogP) is 0.752. The van der Waals surface area contributed by atoms with Crippen LogP contribution in [0.25, 0.3) is 0 Å². The zero-order valence-corrected chi connectivity index (χ0v) is 12.2. The molecule has 0 aromatic carbocycles. The average Bonchev–Trinajstić information content (AvgIpc) is 2.81. The average molecular weight is 269 g/mol. The van der Waals surface area contributed by atoms with Crippen molar-refractivity contribution < 1.29 is 9.21 Å². The molecule has 108 valence electrons. The third-order valence-corrected chi connectivity index (χ3v) is 2.65. The summed E-state index contributed by atoms with van der Waals surface area (Å²) in [5, 5.41) is 16.6. The Bertz CT molecular complexity index is 414. The molecule has 0 spiro atoms. The Morgan fingerprint density at radius 2 is 2.05 bits per heavy atom. The zero-order valence-electron chi connectivity index (χ0n) is 12.2. The molecule has 0 atom stereocenters. The molecule has 0 fully saturated rings. The molecule has 0 bridgehead atoms. The number of hydrogen-bond donors (Lipinski definition) is 3. The molecule has 0 aliphatic rings. The summed E-state index contributed by atoms with van der Waals surface area (Å²) >= 11 is 0. The topological polar surface area (TPSA) is 92.1 Å². The van der Waals surface area contributed by atoms with Crippen LogP contribution >= 0.6 is 0 Å². The second-order valence-electron chi connectivity index (χ2n) is 5.35. The quantitative estimate of drug-likeness (QED) is 0.676. The molecule has 0 aliphatic carbocycles. The van der Waals surface area contributed by atoms with E-state index in [1.807, 2.05) is 27.7 Å². The number of anilines is 1. The summed E-state index contributed by atoms with van der Waals surface area (Å²) in [6, 6.07) is 0.688. The van der Waals surface area contributed by atoms with Crippen LogP contribution < -0.4 is 16.0 Å². The highest BCUT2D eigenvalue weighted by Gasteiger charge is 2.26. The van der Waals surface area contributed by atoms with Gasteiger partial charge >= 0.3 is 6.01 Å². The summed E-state index contributed by atoms with van der Waals surface area (Å²) in [6.45, 7) is 8.73. The van der Waals surface area contributed by atoms with E-state index in [-0.39, 0.29) is 5.91 Å². The van der Waals surface area contributed by atoms with Gasteiger partial charge in [0.2, 0.25) is 11.8 Å². The van der Waals surface area contributed by atoms with E-state index in [0.29, 0.717) is 31.0 Å². The van der Waals surface area contributed by atoms with Crippen LogP contribution in [-0.2, 0) is 11.3 Å². The first-order valence-electron chi connectivity index (χ1n) is 6.37. The minimum atomic E-state index is -0.542. The van der Waals surface area contributed by atoms with Gasteiger partial charge in [-0.1, -0.05) is 18.9 Å². The van der Waals surface area contributed by atoms with Crippen LogP contribution in [0.5, 0.6) is 0 Å². The zero-order chi connectivity index (χ0) is 14.5. The third kappa shape index (κ3) is 4.86. The Morgan fingerprint density at radius 1 is 1.37 bits per heavy atom. The van der Waals surface area contributed by atoms with Gasteiger partial charge in [0.1, 0.15) is 0 Å². The Kier molecular flexibility index (Phi) is 5.29. The molecular weight excluding hydrogens is 246 g/mol. The highest BCUT2D eigenvalue weighted by atomic mass is 16.4. The molecule has 7 nitrogen and oxygen atoms in total. The molecular formula is C12H23N5O2. The van der Waals surface area contributed by atoms with Crippen LogP contribution in [-0.4, -0.2) is 35.7 Å². The Balaban J connectivity index is 2.48. The maximum Gasteiger partial charge on any atom is 0.315 e. The SMILES string of the molecule is CNC(=O)C(C)(C)CNc1nnc(CNC(C)C)o1. The lowest BCUT2D eigenvalue weighted by atomic mass is 9.92. The van der Waals surface area contributed by atoms with Crippen molar-refractivity contribution in [2.75, 3.05) is 18.9 Å². The molecule has 1 aromatic rings. The number of hydrogen-bond acceptors (Lipinski definition) is 6. The molecule has 0 unspecified atom stereocenters. The van der Waals surface area contributed by atoms with Crippen molar-refractivity contribution in [1.29, 1.82) is 0 Å². The summed E-state index contributed by atoms with van der Waals surface area (Å²) < 4.78 is 5.42. The van der Waals surface area contributed by atoms with Gasteiger partial charge in [-0.15, -0.1) is 5.10 Å². The second-order valence-corrected chi connectivity index (χ2v) is 5.35. The number of rotatable bonds is 7. The van der Waals surface area contributed by atoms with Crippen LogP contribution in [0.4, 0.5) is 6.01 Å². The van der Waals surface area contributed by atoms with Crippen LogP contribution in [0, 0.1) is 5.41 Å². The van der Waals surface area contributed by atoms with Crippen molar-refractivity contribution >= 4 is 11.9 Å². The Labute approximate surface area is 113 Å². The van der Waals surface area contributed by atoms with Crippen LogP contribution in [0.2, 0.25) is 0 Å². The monoisotopic (exact) mass is 269 g/mol. The van der Waals surface area contributed by atoms with Crippen molar-refractivity contribution in [2.24, 2.45) is 5.41 Å². The molecule has 1 rings (SSSR count). The highest BCUT2D eigenvalue weighted by Crippen LogP contribution is 2.16. The number of aromatic nitrogens is 2. The van der Waals surface area contributed by atoms with Gasteiger partial charge in [-0.3, -0.25) is 4.79 Å². The molecule has 1 heterocycles. The molecule has 0 radical (unpaired) electrons. The van der Waals surface area contributed by atoms with Gasteiger partial charge in [0.15, 0.2) is 0 Å². The molecule has 0 aliphatic heterocycles. The predicted molar refractivity (Wildman–Crippen MR) is 72.6 cm³/mol. The lowest BCUT2D eigenvalue weighted by Crippen LogP contribution is -2.39. The number of amides is 1. The van der Waals surface area contributed by atoms with E-state index in [9.17, 15) is 4.79 Å². The first-order valence-corrected chi connectivity index (χ1v) is 6.37. The van der Waals surface area contributed by atoms with Gasteiger partial charge in [-0.05, 0) is 13.8 Å². The summed E-state index contributed by atoms with van der Waals surface area (Å²) in [5.74, 6) is 0.482. The van der Waals surface area contributed by atoms with Gasteiger partial charge in [0, 0.05) is 19.6 Å². The minimum absolute atomic E-state index is 0.0405. The van der Waals surface area contributed by atoms with Gasteiger partial charge in [-0.2, -0.15) is 0 Å². The molecule has 19 heavy (non-hydrogen) atoms. The summed E-state index contributed by atoms with van der Waals surface area (Å²) in [4.78, 5) is 11.6. The normalized spacial score (nSPS) is 11.7. The lowest BCUT2D eigenvalue weighted by Gasteiger charge is -2.21. The molecule has 0 saturated carbocycles. The summed E-state index contributed by atoms with van der Waals surface area (Å²) in [6.07, 6.45) is 0. The molecule has 7 heteroatoms. The fourth-order valence-corrected chi connectivity index (χ4v) is 1.40. The number of nitrogens with zero attached hydrogens (tertiary/aromatic N) is 2. The van der Waals surface area contributed by atoms with Crippen LogP contribution in [0.1, 0.15) is 33.6 Å². The fourth-order valence-electron chi connectivity index (χ4n) is 1.40. The van der Waals surface area contributed by atoms with E-state index in [0.717, 1.165) is 0 Å². The van der Waals surface area contributed by atoms with E-state index in [2.05, 4.69) is 26.1 Å². The Morgan fingerprint density at radius 3 is 2.63 bits per heavy atom. The molecule has 0 saturated heterocycles. The third-order valence-electron chi connectivity index (χ3n) is 2.65. The van der Waals surface area contributed by atoms with E-state index >= 15 is 0 Å². The largest absolute Gasteiger partial charge is 0.407 e. The Hall–Kier alpha value is -1.63. The van der Waals surface area contributed by atoms with Crippen LogP contribution in [0.15, 0.2) is 4.42 Å². The standard InChI is InChI=1S/C12H23N5O2/c1-8(2)14-6-9-16-17-11(19-9)15-7-12(3,4)10(18)13-5/h8,14H,6-7H2,1-5H3,(H,13,18)(H,15,17). The van der Waals surface area contributed by atoms with Gasteiger partial charge < -0.3 is 20.4 Å². The first kappa shape index (κ1) is 15.4. The van der Waals surface area contributed by atoms with Gasteiger partial charge in [-0.25, -0.2) is 0 Å². The second kappa shape index (κ2) is 6.51. The minimum Gasteiger partial charge on any atom is -0.407 e. The van der Waals surface area contributed by atoms with Crippen molar-refractivity contribution in [2.45, 2.75) is 40.3 Å². The highest BCUT2D eigenvalue weighted by molar-refractivity contribution is 5.82. The number of nitrogens with one attached hydrogen (secondary N) is 3. The molecule has 1 aromatic heterocycles. The van der Waals surface area contributed by atoms with E-state index in [4.69, 9.17) is 4.42 Å². The smallest absolute Gasteiger partial charge is 0.315 e. The summed E-state index contributed by atoms with van der Waals surface area (Å²) in [5.41, 5.74) is -0.542. The number of carbonyl (C=O) groups excluding carboxylic acids is 1. The van der Waals surface area contributed by atoms with Gasteiger partial charge in [0.05, 0.1) is 12.0 Å². The number of carbonyl (C=O) groups is 1. The van der Waals surface area contributed by atoms with E-state index < -0.39 is 5.41 Å². The van der Waals surface area contributed by atoms with E-state index in [1.165, 1.54) is 0 Å². The van der Waals surface area contributed by atoms with Crippen LogP contribution in [0.3, 0.4) is 0 Å². The molecule has 3 N–H and O–H groups in total. The van der Waals surface area contributed by atoms with Crippen molar-refractivity contribution in [3.63, 3.8) is 0 Å². The van der Waals surface area contributed by atoms with E-state index in [1.54, 1.807) is 7.05 Å². The fraction of sp³-hybridized carbons (Fsp3) is 0.750. The van der Waals surface area contributed by atoms with Gasteiger partial charge in [0.25, 0.3) is 0 Å². The maximum atomic E-state index is 11.6. The van der Waals surface area contributed by atoms with Crippen molar-refractivity contribution in [3.8, 4) is 0 Å².